The van der Waals surface area contributed by atoms with E-state index in [1.165, 1.54) is 24.3 Å². The fourth-order valence-corrected chi connectivity index (χ4v) is 0.790. The highest BCUT2D eigenvalue weighted by Crippen LogP contribution is 2.12. The van der Waals surface area contributed by atoms with Crippen LogP contribution in [-0.2, 0) is 0 Å². The third kappa shape index (κ3) is 1.92. The van der Waals surface area contributed by atoms with Crippen LogP contribution in [0.25, 0.3) is 0 Å². The van der Waals surface area contributed by atoms with Gasteiger partial charge in [0.25, 0.3) is 11.6 Å². The third-order valence-electron chi connectivity index (χ3n) is 1.43. The Bertz CT molecular complexity index is 358. The summed E-state index contributed by atoms with van der Waals surface area (Å²) in [5.74, 6) is -0.713. The molecule has 1 aromatic rings. The lowest BCUT2D eigenvalue weighted by molar-refractivity contribution is -0.384. The van der Waals surface area contributed by atoms with Crippen LogP contribution in [0.15, 0.2) is 29.4 Å². The molecule has 0 aliphatic carbocycles. The molecule has 0 fully saturated rings. The Morgan fingerprint density at radius 3 is 2.31 bits per heavy atom. The predicted molar refractivity (Wildman–Crippen MR) is 42.6 cm³/mol. The molecule has 0 unspecified atom stereocenters. The van der Waals surface area contributed by atoms with Crippen molar-refractivity contribution in [2.45, 2.75) is 0 Å². The number of rotatable bonds is 2. The number of nitro benzene ring substituents is 1. The van der Waals surface area contributed by atoms with Crippen molar-refractivity contribution in [3.63, 3.8) is 0 Å². The highest BCUT2D eigenvalue weighted by atomic mass is 16.6. The largest absolute Gasteiger partial charge is 0.294 e. The first-order chi connectivity index (χ1) is 6.15. The molecule has 6 nitrogen and oxygen atoms in total. The Hall–Kier alpha value is -2.11. The van der Waals surface area contributed by atoms with Crippen molar-refractivity contribution in [3.05, 3.63) is 39.9 Å². The summed E-state index contributed by atoms with van der Waals surface area (Å²) in [6.07, 6.45) is 0. The number of non-ortho nitro benzene ring substituents is 1. The Kier molecular flexibility index (Phi) is 2.44. The van der Waals surface area contributed by atoms with E-state index in [1.807, 2.05) is 0 Å². The maximum atomic E-state index is 10.8. The van der Waals surface area contributed by atoms with Crippen molar-refractivity contribution in [1.29, 1.82) is 5.53 Å². The Labute approximate surface area is 72.8 Å². The minimum absolute atomic E-state index is 0.0958. The third-order valence-corrected chi connectivity index (χ3v) is 1.43. The molecule has 0 aliphatic heterocycles. The van der Waals surface area contributed by atoms with Crippen molar-refractivity contribution in [3.8, 4) is 0 Å². The second kappa shape index (κ2) is 3.53. The van der Waals surface area contributed by atoms with Crippen molar-refractivity contribution in [2.75, 3.05) is 0 Å². The number of carbonyl (C=O) groups excluding carboxylic acids is 1. The molecule has 1 aromatic carbocycles. The number of nitrogens with zero attached hydrogens (tertiary/aromatic N) is 2. The first kappa shape index (κ1) is 8.98. The van der Waals surface area contributed by atoms with E-state index in [1.54, 1.807) is 0 Å². The summed E-state index contributed by atoms with van der Waals surface area (Å²) < 4.78 is 0. The number of amides is 1. The fraction of sp³-hybridized carbons (Fsp3) is 0. The summed E-state index contributed by atoms with van der Waals surface area (Å²) in [5.41, 5.74) is 6.50. The molecule has 6 heteroatoms. The van der Waals surface area contributed by atoms with Gasteiger partial charge in [-0.25, -0.2) is 5.53 Å². The molecule has 1 amide bonds. The van der Waals surface area contributed by atoms with Gasteiger partial charge in [-0.2, -0.15) is 0 Å². The topological polar surface area (TPSA) is 96.4 Å². The zero-order chi connectivity index (χ0) is 9.84. The minimum atomic E-state index is -0.713. The Morgan fingerprint density at radius 1 is 1.38 bits per heavy atom. The summed E-state index contributed by atoms with van der Waals surface area (Å²) in [5, 5.41) is 12.9. The van der Waals surface area contributed by atoms with E-state index >= 15 is 0 Å². The van der Waals surface area contributed by atoms with E-state index in [0.717, 1.165) is 0 Å². The molecular formula is C7H5N3O3. The zero-order valence-corrected chi connectivity index (χ0v) is 6.43. The molecule has 0 saturated heterocycles. The van der Waals surface area contributed by atoms with Gasteiger partial charge in [0.15, 0.2) is 0 Å². The zero-order valence-electron chi connectivity index (χ0n) is 6.43. The fourth-order valence-electron chi connectivity index (χ4n) is 0.790. The number of nitro groups is 1. The summed E-state index contributed by atoms with van der Waals surface area (Å²) in [7, 11) is 0. The number of hydrogen-bond donors (Lipinski definition) is 1. The molecule has 1 rings (SSSR count). The van der Waals surface area contributed by atoms with Crippen molar-refractivity contribution in [2.24, 2.45) is 5.11 Å². The molecule has 1 N–H and O–H groups in total. The molecule has 0 bridgehead atoms. The standard InChI is InChI=1S/C7H5N3O3/c8-9-7(11)5-1-3-6(4-2-5)10(12)13/h1-4,8H. The second-order valence-electron chi connectivity index (χ2n) is 2.22. The van der Waals surface area contributed by atoms with Crippen LogP contribution in [0.3, 0.4) is 0 Å². The maximum absolute atomic E-state index is 10.8. The van der Waals surface area contributed by atoms with Crippen molar-refractivity contribution in [1.82, 2.24) is 0 Å². The molecule has 0 heterocycles. The van der Waals surface area contributed by atoms with Gasteiger partial charge in [-0.1, -0.05) is 0 Å². The van der Waals surface area contributed by atoms with Crippen LogP contribution < -0.4 is 0 Å². The molecule has 0 spiro atoms. The molecule has 13 heavy (non-hydrogen) atoms. The van der Waals surface area contributed by atoms with E-state index in [-0.39, 0.29) is 11.3 Å². The molecule has 0 atom stereocenters. The van der Waals surface area contributed by atoms with Gasteiger partial charge in [-0.3, -0.25) is 14.9 Å². The van der Waals surface area contributed by atoms with Gasteiger partial charge in [-0.05, 0) is 12.1 Å². The van der Waals surface area contributed by atoms with E-state index in [4.69, 9.17) is 5.53 Å². The van der Waals surface area contributed by atoms with Crippen LogP contribution in [0.2, 0.25) is 0 Å². The summed E-state index contributed by atoms with van der Waals surface area (Å²) in [6.45, 7) is 0. The van der Waals surface area contributed by atoms with E-state index in [0.29, 0.717) is 0 Å². The van der Waals surface area contributed by atoms with Crippen LogP contribution >= 0.6 is 0 Å². The quantitative estimate of drug-likeness (QED) is 0.425. The van der Waals surface area contributed by atoms with Gasteiger partial charge < -0.3 is 0 Å². The lowest BCUT2D eigenvalue weighted by Crippen LogP contribution is -1.94. The normalized spacial score (nSPS) is 9.23. The first-order valence-corrected chi connectivity index (χ1v) is 3.31. The average Bonchev–Trinajstić information content (AvgIpc) is 2.17. The van der Waals surface area contributed by atoms with Crippen molar-refractivity contribution >= 4 is 11.6 Å². The lowest BCUT2D eigenvalue weighted by atomic mass is 10.2. The number of carbonyl (C=O) groups is 1. The molecule has 0 aromatic heterocycles. The van der Waals surface area contributed by atoms with Gasteiger partial charge in [-0.15, -0.1) is 5.11 Å². The monoisotopic (exact) mass is 179 g/mol. The van der Waals surface area contributed by atoms with Crippen LogP contribution in [0.1, 0.15) is 10.4 Å². The van der Waals surface area contributed by atoms with Crippen LogP contribution in [0.5, 0.6) is 0 Å². The Morgan fingerprint density at radius 2 is 1.92 bits per heavy atom. The van der Waals surface area contributed by atoms with E-state index in [9.17, 15) is 14.9 Å². The lowest BCUT2D eigenvalue weighted by Gasteiger charge is -1.92. The maximum Gasteiger partial charge on any atom is 0.294 e. The average molecular weight is 179 g/mol. The molecule has 0 saturated carbocycles. The summed E-state index contributed by atoms with van der Waals surface area (Å²) in [6, 6.07) is 4.91. The Balaban J connectivity index is 3.00. The van der Waals surface area contributed by atoms with Gasteiger partial charge in [0.1, 0.15) is 0 Å². The molecule has 0 aliphatic rings. The van der Waals surface area contributed by atoms with Crippen LogP contribution in [0.4, 0.5) is 5.69 Å². The molecular weight excluding hydrogens is 174 g/mol. The van der Waals surface area contributed by atoms with E-state index in [2.05, 4.69) is 5.11 Å². The molecule has 66 valence electrons. The highest BCUT2D eigenvalue weighted by molar-refractivity contribution is 5.94. The molecule has 0 radical (unpaired) electrons. The van der Waals surface area contributed by atoms with Gasteiger partial charge in [0.05, 0.1) is 4.92 Å². The summed E-state index contributed by atoms with van der Waals surface area (Å²) >= 11 is 0. The summed E-state index contributed by atoms with van der Waals surface area (Å²) in [4.78, 5) is 20.4. The highest BCUT2D eigenvalue weighted by Gasteiger charge is 2.07. The smallest absolute Gasteiger partial charge is 0.265 e. The van der Waals surface area contributed by atoms with Gasteiger partial charge in [0.2, 0.25) is 0 Å². The number of hydrogen-bond acceptors (Lipinski definition) is 4. The predicted octanol–water partition coefficient (Wildman–Crippen LogP) is 1.77. The minimum Gasteiger partial charge on any atom is -0.265 e. The van der Waals surface area contributed by atoms with Crippen molar-refractivity contribution < 1.29 is 9.72 Å². The first-order valence-electron chi connectivity index (χ1n) is 3.31. The van der Waals surface area contributed by atoms with E-state index < -0.39 is 10.8 Å². The number of nitrogens with one attached hydrogen (secondary N) is 1. The van der Waals surface area contributed by atoms with Gasteiger partial charge in [0, 0.05) is 17.7 Å². The van der Waals surface area contributed by atoms with Crippen LogP contribution in [-0.4, -0.2) is 10.8 Å². The SMILES string of the molecule is N=NC(=O)c1ccc([N+](=O)[O-])cc1. The number of benzene rings is 1. The van der Waals surface area contributed by atoms with Crippen LogP contribution in [0, 0.1) is 15.6 Å². The van der Waals surface area contributed by atoms with Gasteiger partial charge >= 0.3 is 0 Å². The second-order valence-corrected chi connectivity index (χ2v) is 2.22.